The lowest BCUT2D eigenvalue weighted by molar-refractivity contribution is -0.156. The Morgan fingerprint density at radius 1 is 0.697 bits per heavy atom. The number of allylic oxidation sites excluding steroid dienone is 2. The molecule has 0 saturated heterocycles. The van der Waals surface area contributed by atoms with Gasteiger partial charge in [0, 0.05) is 6.42 Å². The van der Waals surface area contributed by atoms with Crippen LogP contribution in [-0.4, -0.2) is 39.4 Å². The van der Waals surface area contributed by atoms with E-state index in [-0.39, 0.29) is 18.6 Å². The average molecular weight is 469 g/mol. The van der Waals surface area contributed by atoms with E-state index in [4.69, 9.17) is 0 Å². The molecule has 2 unspecified atom stereocenters. The molecule has 0 heterocycles. The van der Waals surface area contributed by atoms with Crippen molar-refractivity contribution < 1.29 is 20.1 Å². The fourth-order valence-corrected chi connectivity index (χ4v) is 4.39. The summed E-state index contributed by atoms with van der Waals surface area (Å²) in [5.41, 5.74) is -1.79. The Kier molecular flexibility index (Phi) is 22.6. The molecule has 33 heavy (non-hydrogen) atoms. The molecule has 0 rings (SSSR count). The highest BCUT2D eigenvalue weighted by molar-refractivity contribution is 5.87. The number of carbonyl (C=O) groups is 1. The first-order valence-corrected chi connectivity index (χ1v) is 14.2. The molecule has 0 aromatic heterocycles. The topological polar surface area (TPSA) is 77.8 Å². The normalized spacial score (nSPS) is 14.6. The van der Waals surface area contributed by atoms with Crippen LogP contribution in [0.25, 0.3) is 0 Å². The van der Waals surface area contributed by atoms with Gasteiger partial charge in [0.05, 0.1) is 6.61 Å². The van der Waals surface area contributed by atoms with Gasteiger partial charge in [0.1, 0.15) is 6.10 Å². The van der Waals surface area contributed by atoms with Crippen molar-refractivity contribution in [2.75, 3.05) is 6.61 Å². The number of hydrogen-bond acceptors (Lipinski definition) is 4. The smallest absolute Gasteiger partial charge is 0.167 e. The van der Waals surface area contributed by atoms with E-state index in [0.717, 1.165) is 57.8 Å². The Morgan fingerprint density at radius 2 is 1.12 bits per heavy atom. The van der Waals surface area contributed by atoms with E-state index in [2.05, 4.69) is 26.0 Å². The molecule has 3 N–H and O–H groups in total. The lowest BCUT2D eigenvalue weighted by Crippen LogP contribution is -2.51. The number of ketones is 1. The van der Waals surface area contributed by atoms with Gasteiger partial charge in [-0.05, 0) is 38.5 Å². The van der Waals surface area contributed by atoms with Crippen LogP contribution in [0, 0.1) is 0 Å². The van der Waals surface area contributed by atoms with Gasteiger partial charge in [-0.2, -0.15) is 0 Å². The summed E-state index contributed by atoms with van der Waals surface area (Å²) in [4.78, 5) is 12.6. The van der Waals surface area contributed by atoms with Gasteiger partial charge >= 0.3 is 0 Å². The monoisotopic (exact) mass is 468 g/mol. The summed E-state index contributed by atoms with van der Waals surface area (Å²) < 4.78 is 0. The van der Waals surface area contributed by atoms with Crippen LogP contribution in [0.1, 0.15) is 149 Å². The summed E-state index contributed by atoms with van der Waals surface area (Å²) in [6, 6.07) is 0. The Morgan fingerprint density at radius 3 is 1.61 bits per heavy atom. The van der Waals surface area contributed by atoms with Crippen LogP contribution >= 0.6 is 0 Å². The number of unbranched alkanes of at least 4 members (excludes halogenated alkanes) is 16. The van der Waals surface area contributed by atoms with Gasteiger partial charge in [-0.25, -0.2) is 0 Å². The van der Waals surface area contributed by atoms with Crippen LogP contribution in [0.4, 0.5) is 0 Å². The third-order valence-electron chi connectivity index (χ3n) is 6.78. The van der Waals surface area contributed by atoms with Gasteiger partial charge in [-0.15, -0.1) is 0 Å². The highest BCUT2D eigenvalue weighted by Gasteiger charge is 2.41. The first-order chi connectivity index (χ1) is 16.0. The Bertz CT molecular complexity index is 463. The number of Topliss-reactive ketones (excluding diaryl/α,β-unsaturated/α-hetero) is 1. The van der Waals surface area contributed by atoms with Gasteiger partial charge in [0.2, 0.25) is 0 Å². The molecule has 0 saturated carbocycles. The minimum Gasteiger partial charge on any atom is -0.394 e. The summed E-state index contributed by atoms with van der Waals surface area (Å²) in [6.07, 6.45) is 25.8. The average Bonchev–Trinajstić information content (AvgIpc) is 2.82. The van der Waals surface area contributed by atoms with Crippen molar-refractivity contribution in [3.63, 3.8) is 0 Å². The molecule has 196 valence electrons. The SMILES string of the molecule is CCCCCCCCC=CCCCCCCCCC(O)(C(=O)CCCCCCC)C(O)CO. The standard InChI is InChI=1S/C29H56O4/c1-3-5-7-9-10-11-12-13-14-15-16-17-18-19-21-23-25-29(33,28(32)26-30)27(31)24-22-20-8-6-4-2/h13-14,28,30,32-33H,3-12,15-26H2,1-2H3. The Labute approximate surface area is 205 Å². The van der Waals surface area contributed by atoms with E-state index < -0.39 is 18.3 Å². The molecule has 0 radical (unpaired) electrons. The predicted molar refractivity (Wildman–Crippen MR) is 140 cm³/mol. The highest BCUT2D eigenvalue weighted by Crippen LogP contribution is 2.24. The summed E-state index contributed by atoms with van der Waals surface area (Å²) in [5, 5.41) is 30.2. The summed E-state index contributed by atoms with van der Waals surface area (Å²) >= 11 is 0. The zero-order valence-electron chi connectivity index (χ0n) is 22.0. The minimum absolute atomic E-state index is 0.240. The first-order valence-electron chi connectivity index (χ1n) is 14.2. The largest absolute Gasteiger partial charge is 0.394 e. The maximum atomic E-state index is 12.6. The molecule has 0 aliphatic rings. The summed E-state index contributed by atoms with van der Waals surface area (Å²) in [7, 11) is 0. The van der Waals surface area contributed by atoms with Crippen LogP contribution < -0.4 is 0 Å². The quantitative estimate of drug-likeness (QED) is 0.0961. The Balaban J connectivity index is 3.85. The Hall–Kier alpha value is -0.710. The fourth-order valence-electron chi connectivity index (χ4n) is 4.39. The molecule has 2 atom stereocenters. The van der Waals surface area contributed by atoms with E-state index in [1.54, 1.807) is 0 Å². The van der Waals surface area contributed by atoms with Crippen molar-refractivity contribution in [1.82, 2.24) is 0 Å². The van der Waals surface area contributed by atoms with Crippen molar-refractivity contribution in [3.05, 3.63) is 12.2 Å². The van der Waals surface area contributed by atoms with Crippen LogP contribution in [0.15, 0.2) is 12.2 Å². The molecule has 0 aliphatic heterocycles. The molecule has 4 heteroatoms. The molecule has 0 amide bonds. The van der Waals surface area contributed by atoms with E-state index in [0.29, 0.717) is 6.42 Å². The summed E-state index contributed by atoms with van der Waals surface area (Å²) in [6.45, 7) is 3.83. The van der Waals surface area contributed by atoms with Crippen LogP contribution in [-0.2, 0) is 4.79 Å². The fraction of sp³-hybridized carbons (Fsp3) is 0.897. The van der Waals surface area contributed by atoms with Gasteiger partial charge in [0.15, 0.2) is 11.4 Å². The zero-order chi connectivity index (χ0) is 24.6. The van der Waals surface area contributed by atoms with E-state index >= 15 is 0 Å². The molecule has 0 fully saturated rings. The molecule has 0 aromatic rings. The molecule has 0 spiro atoms. The van der Waals surface area contributed by atoms with Gasteiger partial charge in [-0.1, -0.05) is 116 Å². The molecule has 0 aliphatic carbocycles. The number of carbonyl (C=O) groups excluding carboxylic acids is 1. The van der Waals surface area contributed by atoms with Crippen LogP contribution in [0.3, 0.4) is 0 Å². The van der Waals surface area contributed by atoms with E-state index in [1.807, 2.05) is 0 Å². The predicted octanol–water partition coefficient (Wildman–Crippen LogP) is 7.43. The number of rotatable bonds is 25. The van der Waals surface area contributed by atoms with Crippen molar-refractivity contribution in [3.8, 4) is 0 Å². The van der Waals surface area contributed by atoms with Gasteiger partial charge in [0.25, 0.3) is 0 Å². The van der Waals surface area contributed by atoms with Gasteiger partial charge < -0.3 is 15.3 Å². The van der Waals surface area contributed by atoms with Crippen molar-refractivity contribution >= 4 is 5.78 Å². The first kappa shape index (κ1) is 32.3. The number of hydrogen-bond donors (Lipinski definition) is 3. The van der Waals surface area contributed by atoms with E-state index in [1.165, 1.54) is 57.8 Å². The zero-order valence-corrected chi connectivity index (χ0v) is 22.0. The maximum Gasteiger partial charge on any atom is 0.167 e. The molecule has 0 bridgehead atoms. The maximum absolute atomic E-state index is 12.6. The third kappa shape index (κ3) is 17.4. The van der Waals surface area contributed by atoms with Crippen molar-refractivity contribution in [2.24, 2.45) is 0 Å². The van der Waals surface area contributed by atoms with Crippen molar-refractivity contribution in [1.29, 1.82) is 0 Å². The summed E-state index contributed by atoms with van der Waals surface area (Å²) in [5.74, 6) is -0.312. The van der Waals surface area contributed by atoms with Crippen molar-refractivity contribution in [2.45, 2.75) is 160 Å². The second-order valence-corrected chi connectivity index (χ2v) is 9.90. The molecular weight excluding hydrogens is 412 g/mol. The van der Waals surface area contributed by atoms with Crippen LogP contribution in [0.5, 0.6) is 0 Å². The lowest BCUT2D eigenvalue weighted by Gasteiger charge is -2.31. The molecule has 0 aromatic carbocycles. The number of aliphatic hydroxyl groups excluding tert-OH is 2. The second-order valence-electron chi connectivity index (χ2n) is 9.90. The molecule has 4 nitrogen and oxygen atoms in total. The number of aliphatic hydroxyl groups is 3. The minimum atomic E-state index is -1.79. The lowest BCUT2D eigenvalue weighted by atomic mass is 9.84. The van der Waals surface area contributed by atoms with Crippen LogP contribution in [0.2, 0.25) is 0 Å². The molecular formula is C29H56O4. The highest BCUT2D eigenvalue weighted by atomic mass is 16.4. The second kappa shape index (κ2) is 23.1. The van der Waals surface area contributed by atoms with Gasteiger partial charge in [-0.3, -0.25) is 4.79 Å². The third-order valence-corrected chi connectivity index (χ3v) is 6.78. The van der Waals surface area contributed by atoms with E-state index in [9.17, 15) is 20.1 Å².